The highest BCUT2D eigenvalue weighted by Crippen LogP contribution is 2.31. The van der Waals surface area contributed by atoms with Crippen molar-refractivity contribution >= 4 is 22.8 Å². The molecule has 0 N–H and O–H groups in total. The number of halogens is 1. The Morgan fingerprint density at radius 3 is 2.35 bits per heavy atom. The molecule has 0 aromatic heterocycles. The van der Waals surface area contributed by atoms with Crippen LogP contribution in [-0.4, -0.2) is 36.3 Å². The van der Waals surface area contributed by atoms with Crippen molar-refractivity contribution in [2.24, 2.45) is 5.41 Å². The molecular weight excluding hydrogens is 284 g/mol. The SMILES string of the molecule is CCC(CC)(C(=O)Cl)C(=O)OCCC1COC(C)(C)O1. The van der Waals surface area contributed by atoms with Gasteiger partial charge in [-0.3, -0.25) is 9.59 Å². The topological polar surface area (TPSA) is 61.8 Å². The van der Waals surface area contributed by atoms with Gasteiger partial charge in [0, 0.05) is 6.42 Å². The van der Waals surface area contributed by atoms with Gasteiger partial charge in [0.15, 0.2) is 5.79 Å². The smallest absolute Gasteiger partial charge is 0.320 e. The first kappa shape index (κ1) is 17.4. The molecule has 6 heteroatoms. The highest BCUT2D eigenvalue weighted by Gasteiger charge is 2.43. The number of hydrogen-bond donors (Lipinski definition) is 0. The first-order valence-electron chi connectivity index (χ1n) is 6.96. The zero-order valence-electron chi connectivity index (χ0n) is 12.5. The van der Waals surface area contributed by atoms with E-state index >= 15 is 0 Å². The summed E-state index contributed by atoms with van der Waals surface area (Å²) in [5.74, 6) is -1.14. The molecule has 1 aliphatic rings. The molecule has 1 aliphatic heterocycles. The molecule has 0 bridgehead atoms. The first-order valence-corrected chi connectivity index (χ1v) is 7.34. The predicted molar refractivity (Wildman–Crippen MR) is 74.4 cm³/mol. The van der Waals surface area contributed by atoms with Crippen LogP contribution in [0.1, 0.15) is 47.0 Å². The largest absolute Gasteiger partial charge is 0.465 e. The van der Waals surface area contributed by atoms with Gasteiger partial charge in [-0.25, -0.2) is 0 Å². The van der Waals surface area contributed by atoms with Crippen molar-refractivity contribution in [1.29, 1.82) is 0 Å². The molecule has 0 aromatic rings. The van der Waals surface area contributed by atoms with E-state index in [0.29, 0.717) is 25.9 Å². The van der Waals surface area contributed by atoms with Crippen LogP contribution in [-0.2, 0) is 23.8 Å². The van der Waals surface area contributed by atoms with Crippen molar-refractivity contribution in [3.8, 4) is 0 Å². The maximum Gasteiger partial charge on any atom is 0.320 e. The Bertz CT molecular complexity index is 363. The predicted octanol–water partition coefficient (Wildman–Crippen LogP) is 2.64. The van der Waals surface area contributed by atoms with E-state index in [2.05, 4.69) is 0 Å². The zero-order chi connectivity index (χ0) is 15.4. The second-order valence-corrected chi connectivity index (χ2v) is 5.78. The normalized spacial score (nSPS) is 21.8. The Morgan fingerprint density at radius 2 is 1.95 bits per heavy atom. The molecule has 1 unspecified atom stereocenters. The average Bonchev–Trinajstić information content (AvgIpc) is 2.71. The van der Waals surface area contributed by atoms with Crippen LogP contribution in [0.5, 0.6) is 0 Å². The fourth-order valence-corrected chi connectivity index (χ4v) is 2.57. The van der Waals surface area contributed by atoms with Crippen molar-refractivity contribution < 1.29 is 23.8 Å². The Kier molecular flexibility index (Phi) is 5.98. The summed E-state index contributed by atoms with van der Waals surface area (Å²) < 4.78 is 16.2. The highest BCUT2D eigenvalue weighted by molar-refractivity contribution is 6.66. The molecule has 0 radical (unpaired) electrons. The Hall–Kier alpha value is -0.650. The van der Waals surface area contributed by atoms with Crippen molar-refractivity contribution in [2.75, 3.05) is 13.2 Å². The van der Waals surface area contributed by atoms with Gasteiger partial charge in [-0.2, -0.15) is 0 Å². The van der Waals surface area contributed by atoms with Crippen LogP contribution in [0.15, 0.2) is 0 Å². The second-order valence-electron chi connectivity index (χ2n) is 5.44. The molecular formula is C14H23ClO5. The van der Waals surface area contributed by atoms with Crippen molar-refractivity contribution in [3.05, 3.63) is 0 Å². The lowest BCUT2D eigenvalue weighted by Gasteiger charge is -2.25. The molecule has 5 nitrogen and oxygen atoms in total. The van der Waals surface area contributed by atoms with Crippen molar-refractivity contribution in [3.63, 3.8) is 0 Å². The third kappa shape index (κ3) is 3.93. The summed E-state index contributed by atoms with van der Waals surface area (Å²) in [6.45, 7) is 7.85. The van der Waals surface area contributed by atoms with Crippen molar-refractivity contribution in [2.45, 2.75) is 58.8 Å². The lowest BCUT2D eigenvalue weighted by Crippen LogP contribution is -2.37. The minimum Gasteiger partial charge on any atom is -0.465 e. The van der Waals surface area contributed by atoms with Crippen LogP contribution in [0.2, 0.25) is 0 Å². The third-order valence-electron chi connectivity index (χ3n) is 3.71. The summed E-state index contributed by atoms with van der Waals surface area (Å²) in [5, 5.41) is -0.658. The van der Waals surface area contributed by atoms with Gasteiger partial charge in [0.25, 0.3) is 0 Å². The summed E-state index contributed by atoms with van der Waals surface area (Å²) in [4.78, 5) is 23.6. The van der Waals surface area contributed by atoms with E-state index in [-0.39, 0.29) is 12.7 Å². The molecule has 0 aromatic carbocycles. The molecule has 0 aliphatic carbocycles. The Labute approximate surface area is 124 Å². The second kappa shape index (κ2) is 6.87. The average molecular weight is 307 g/mol. The summed E-state index contributed by atoms with van der Waals surface area (Å²) in [6, 6.07) is 0. The van der Waals surface area contributed by atoms with Crippen molar-refractivity contribution in [1.82, 2.24) is 0 Å². The van der Waals surface area contributed by atoms with Gasteiger partial charge >= 0.3 is 5.97 Å². The van der Waals surface area contributed by atoms with Gasteiger partial charge in [0.05, 0.1) is 19.3 Å². The molecule has 1 rings (SSSR count). The number of carbonyl (C=O) groups is 2. The number of rotatable bonds is 7. The van der Waals surface area contributed by atoms with Gasteiger partial charge in [-0.15, -0.1) is 0 Å². The third-order valence-corrected chi connectivity index (χ3v) is 4.08. The number of ether oxygens (including phenoxy) is 3. The van der Waals surface area contributed by atoms with E-state index in [1.165, 1.54) is 0 Å². The molecule has 1 heterocycles. The maximum atomic E-state index is 12.1. The summed E-state index contributed by atoms with van der Waals surface area (Å²) in [5.41, 5.74) is -1.23. The van der Waals surface area contributed by atoms with Gasteiger partial charge < -0.3 is 14.2 Å². The van der Waals surface area contributed by atoms with Crippen LogP contribution in [0.25, 0.3) is 0 Å². The van der Waals surface area contributed by atoms with Crippen LogP contribution in [0, 0.1) is 5.41 Å². The van der Waals surface area contributed by atoms with E-state index in [1.807, 2.05) is 13.8 Å². The van der Waals surface area contributed by atoms with E-state index in [4.69, 9.17) is 25.8 Å². The molecule has 0 amide bonds. The van der Waals surface area contributed by atoms with Crippen LogP contribution < -0.4 is 0 Å². The Balaban J connectivity index is 2.45. The van der Waals surface area contributed by atoms with E-state index in [1.54, 1.807) is 13.8 Å². The Morgan fingerprint density at radius 1 is 1.35 bits per heavy atom. The first-order chi connectivity index (χ1) is 9.27. The number of carbonyl (C=O) groups excluding carboxylic acids is 2. The van der Waals surface area contributed by atoms with Crippen LogP contribution >= 0.6 is 11.6 Å². The molecule has 1 atom stereocenters. The highest BCUT2D eigenvalue weighted by atomic mass is 35.5. The standard InChI is InChI=1S/C14H23ClO5/c1-5-14(6-2,11(15)16)12(17)18-8-7-10-9-19-13(3,4)20-10/h10H,5-9H2,1-4H3. The fourth-order valence-electron chi connectivity index (χ4n) is 2.22. The van der Waals surface area contributed by atoms with Gasteiger partial charge in [0.2, 0.25) is 5.24 Å². The van der Waals surface area contributed by atoms with Crippen LogP contribution in [0.4, 0.5) is 0 Å². The zero-order valence-corrected chi connectivity index (χ0v) is 13.3. The summed E-state index contributed by atoms with van der Waals surface area (Å²) in [7, 11) is 0. The fraction of sp³-hybridized carbons (Fsp3) is 0.857. The minimum absolute atomic E-state index is 0.0952. The monoisotopic (exact) mass is 306 g/mol. The lowest BCUT2D eigenvalue weighted by molar-refractivity contribution is -0.160. The molecule has 20 heavy (non-hydrogen) atoms. The molecule has 0 spiro atoms. The molecule has 1 saturated heterocycles. The number of hydrogen-bond acceptors (Lipinski definition) is 5. The summed E-state index contributed by atoms with van der Waals surface area (Å²) >= 11 is 5.55. The molecule has 1 fully saturated rings. The van der Waals surface area contributed by atoms with Crippen LogP contribution in [0.3, 0.4) is 0 Å². The quantitative estimate of drug-likeness (QED) is 0.411. The summed E-state index contributed by atoms with van der Waals surface area (Å²) in [6.07, 6.45) is 1.11. The minimum atomic E-state index is -1.23. The number of esters is 1. The molecule has 116 valence electrons. The van der Waals surface area contributed by atoms with Gasteiger partial charge in [0.1, 0.15) is 5.41 Å². The van der Waals surface area contributed by atoms with Gasteiger partial charge in [-0.1, -0.05) is 13.8 Å². The lowest BCUT2D eigenvalue weighted by atomic mass is 9.84. The van der Waals surface area contributed by atoms with Gasteiger partial charge in [-0.05, 0) is 38.3 Å². The van der Waals surface area contributed by atoms with E-state index in [9.17, 15) is 9.59 Å². The van der Waals surface area contributed by atoms with E-state index in [0.717, 1.165) is 0 Å². The van der Waals surface area contributed by atoms with E-state index < -0.39 is 22.4 Å². The molecule has 0 saturated carbocycles. The maximum absolute atomic E-state index is 12.1.